The Morgan fingerprint density at radius 1 is 1.40 bits per heavy atom. The molecule has 0 bridgehead atoms. The van der Waals surface area contributed by atoms with Crippen LogP contribution in [0, 0.1) is 11.8 Å². The number of hydrogen-bond acceptors (Lipinski definition) is 3. The molecule has 0 radical (unpaired) electrons. The standard InChI is InChI=1S/C19H27N3O2.ClH/c1-3-10-21-19(24)16-8-4-5-9-17(16)22-18(23)12-14(2)15-7-6-11-20-13-15;/h3-5,8-9,14-15,20H,1,6-7,10-13H2,2H3,(H,21,24)(H,22,23);1H. The average molecular weight is 366 g/mol. The molecule has 1 fully saturated rings. The van der Waals surface area contributed by atoms with Crippen LogP contribution >= 0.6 is 12.4 Å². The molecule has 1 aliphatic rings. The van der Waals surface area contributed by atoms with Crippen LogP contribution in [0.1, 0.15) is 36.5 Å². The van der Waals surface area contributed by atoms with Crippen LogP contribution in [-0.2, 0) is 4.79 Å². The first kappa shape index (κ1) is 21.2. The first-order valence-electron chi connectivity index (χ1n) is 8.60. The van der Waals surface area contributed by atoms with Gasteiger partial charge in [0.1, 0.15) is 0 Å². The number of piperidine rings is 1. The van der Waals surface area contributed by atoms with Crippen LogP contribution < -0.4 is 16.0 Å². The van der Waals surface area contributed by atoms with Crippen LogP contribution in [0.3, 0.4) is 0 Å². The molecule has 2 atom stereocenters. The van der Waals surface area contributed by atoms with Gasteiger partial charge in [0.05, 0.1) is 11.3 Å². The molecular formula is C19H28ClN3O2. The number of hydrogen-bond donors (Lipinski definition) is 3. The number of para-hydroxylation sites is 1. The van der Waals surface area contributed by atoms with Crippen LogP contribution in [0.4, 0.5) is 5.69 Å². The zero-order valence-corrected chi connectivity index (χ0v) is 15.5. The van der Waals surface area contributed by atoms with Crippen molar-refractivity contribution in [2.24, 2.45) is 11.8 Å². The molecule has 25 heavy (non-hydrogen) atoms. The van der Waals surface area contributed by atoms with E-state index in [9.17, 15) is 9.59 Å². The van der Waals surface area contributed by atoms with Crippen molar-refractivity contribution in [1.82, 2.24) is 10.6 Å². The van der Waals surface area contributed by atoms with Crippen molar-refractivity contribution in [3.63, 3.8) is 0 Å². The van der Waals surface area contributed by atoms with E-state index in [1.807, 2.05) is 6.07 Å². The summed E-state index contributed by atoms with van der Waals surface area (Å²) in [7, 11) is 0. The van der Waals surface area contributed by atoms with Crippen molar-refractivity contribution in [3.05, 3.63) is 42.5 Å². The Labute approximate surface area is 156 Å². The minimum absolute atomic E-state index is 0. The smallest absolute Gasteiger partial charge is 0.253 e. The van der Waals surface area contributed by atoms with Gasteiger partial charge in [-0.2, -0.15) is 0 Å². The molecule has 0 aliphatic carbocycles. The Bertz CT molecular complexity index is 586. The molecule has 1 saturated heterocycles. The number of rotatable bonds is 7. The Balaban J connectivity index is 0.00000312. The lowest BCUT2D eigenvalue weighted by Gasteiger charge is -2.28. The summed E-state index contributed by atoms with van der Waals surface area (Å²) in [5.41, 5.74) is 1.03. The molecule has 1 heterocycles. The van der Waals surface area contributed by atoms with Crippen molar-refractivity contribution in [2.45, 2.75) is 26.2 Å². The second-order valence-electron chi connectivity index (χ2n) is 6.38. The third-order valence-corrected chi connectivity index (χ3v) is 4.50. The van der Waals surface area contributed by atoms with Crippen molar-refractivity contribution in [2.75, 3.05) is 25.0 Å². The fourth-order valence-electron chi connectivity index (χ4n) is 3.08. The Hall–Kier alpha value is -1.85. The summed E-state index contributed by atoms with van der Waals surface area (Å²) < 4.78 is 0. The molecule has 2 rings (SSSR count). The molecule has 0 saturated carbocycles. The van der Waals surface area contributed by atoms with Gasteiger partial charge >= 0.3 is 0 Å². The summed E-state index contributed by atoms with van der Waals surface area (Å²) in [5, 5.41) is 9.02. The van der Waals surface area contributed by atoms with E-state index in [2.05, 4.69) is 29.5 Å². The van der Waals surface area contributed by atoms with E-state index >= 15 is 0 Å². The molecule has 3 N–H and O–H groups in total. The van der Waals surface area contributed by atoms with Crippen molar-refractivity contribution in [3.8, 4) is 0 Å². The number of carbonyl (C=O) groups is 2. The molecule has 2 amide bonds. The van der Waals surface area contributed by atoms with Gasteiger partial charge in [-0.05, 0) is 49.9 Å². The second kappa shape index (κ2) is 10.9. The topological polar surface area (TPSA) is 70.2 Å². The molecular weight excluding hydrogens is 338 g/mol. The molecule has 138 valence electrons. The minimum Gasteiger partial charge on any atom is -0.349 e. The predicted molar refractivity (Wildman–Crippen MR) is 104 cm³/mol. The molecule has 1 aliphatic heterocycles. The van der Waals surface area contributed by atoms with Crippen molar-refractivity contribution in [1.29, 1.82) is 0 Å². The van der Waals surface area contributed by atoms with E-state index < -0.39 is 0 Å². The number of amides is 2. The highest BCUT2D eigenvalue weighted by atomic mass is 35.5. The molecule has 6 heteroatoms. The van der Waals surface area contributed by atoms with Crippen LogP contribution in [0.25, 0.3) is 0 Å². The van der Waals surface area contributed by atoms with Crippen molar-refractivity contribution < 1.29 is 9.59 Å². The molecule has 0 spiro atoms. The Morgan fingerprint density at radius 3 is 2.84 bits per heavy atom. The molecule has 2 unspecified atom stereocenters. The highest BCUT2D eigenvalue weighted by Gasteiger charge is 2.22. The van der Waals surface area contributed by atoms with Gasteiger partial charge in [0.25, 0.3) is 5.91 Å². The van der Waals surface area contributed by atoms with E-state index in [0.717, 1.165) is 13.1 Å². The van der Waals surface area contributed by atoms with Crippen LogP contribution in [0.2, 0.25) is 0 Å². The quantitative estimate of drug-likeness (QED) is 0.650. The number of nitrogens with one attached hydrogen (secondary N) is 3. The normalized spacial score (nSPS) is 17.7. The van der Waals surface area contributed by atoms with Gasteiger partial charge in [-0.25, -0.2) is 0 Å². The number of carbonyl (C=O) groups excluding carboxylic acids is 2. The van der Waals surface area contributed by atoms with E-state index in [1.54, 1.807) is 24.3 Å². The third kappa shape index (κ3) is 6.52. The van der Waals surface area contributed by atoms with Gasteiger partial charge in [0.15, 0.2) is 0 Å². The monoisotopic (exact) mass is 365 g/mol. The highest BCUT2D eigenvalue weighted by Crippen LogP contribution is 2.23. The predicted octanol–water partition coefficient (Wildman–Crippen LogP) is 2.99. The zero-order chi connectivity index (χ0) is 17.4. The van der Waals surface area contributed by atoms with Gasteiger partial charge in [0, 0.05) is 13.0 Å². The lowest BCUT2D eigenvalue weighted by atomic mass is 9.85. The molecule has 1 aromatic rings. The first-order valence-corrected chi connectivity index (χ1v) is 8.60. The maximum atomic E-state index is 12.4. The number of benzene rings is 1. The zero-order valence-electron chi connectivity index (χ0n) is 14.7. The summed E-state index contributed by atoms with van der Waals surface area (Å²) in [5.74, 6) is 0.600. The number of anilines is 1. The third-order valence-electron chi connectivity index (χ3n) is 4.50. The SMILES string of the molecule is C=CCNC(=O)c1ccccc1NC(=O)CC(C)C1CCCNC1.Cl. The Kier molecular flexibility index (Phi) is 9.24. The largest absolute Gasteiger partial charge is 0.349 e. The Morgan fingerprint density at radius 2 is 2.16 bits per heavy atom. The van der Waals surface area contributed by atoms with Crippen LogP contribution in [-0.4, -0.2) is 31.4 Å². The van der Waals surface area contributed by atoms with E-state index in [4.69, 9.17) is 0 Å². The van der Waals surface area contributed by atoms with Gasteiger partial charge in [-0.15, -0.1) is 19.0 Å². The fraction of sp³-hybridized carbons (Fsp3) is 0.474. The maximum absolute atomic E-state index is 12.4. The van der Waals surface area contributed by atoms with E-state index in [-0.39, 0.29) is 24.2 Å². The summed E-state index contributed by atoms with van der Waals surface area (Å²) in [6.07, 6.45) is 4.43. The summed E-state index contributed by atoms with van der Waals surface area (Å²) in [6, 6.07) is 7.07. The molecule has 5 nitrogen and oxygen atoms in total. The van der Waals surface area contributed by atoms with Gasteiger partial charge in [-0.3, -0.25) is 9.59 Å². The summed E-state index contributed by atoms with van der Waals surface area (Å²) >= 11 is 0. The van der Waals surface area contributed by atoms with Gasteiger partial charge in [0.2, 0.25) is 5.91 Å². The van der Waals surface area contributed by atoms with Gasteiger partial charge < -0.3 is 16.0 Å². The van der Waals surface area contributed by atoms with Gasteiger partial charge in [-0.1, -0.05) is 25.1 Å². The number of halogens is 1. The maximum Gasteiger partial charge on any atom is 0.253 e. The summed E-state index contributed by atoms with van der Waals surface area (Å²) in [6.45, 7) is 8.16. The fourth-order valence-corrected chi connectivity index (χ4v) is 3.08. The van der Waals surface area contributed by atoms with Crippen LogP contribution in [0.5, 0.6) is 0 Å². The highest BCUT2D eigenvalue weighted by molar-refractivity contribution is 6.03. The van der Waals surface area contributed by atoms with Crippen molar-refractivity contribution >= 4 is 29.9 Å². The van der Waals surface area contributed by atoms with E-state index in [1.165, 1.54) is 12.8 Å². The lowest BCUT2D eigenvalue weighted by molar-refractivity contribution is -0.117. The first-order chi connectivity index (χ1) is 11.6. The average Bonchev–Trinajstić information content (AvgIpc) is 2.60. The second-order valence-corrected chi connectivity index (χ2v) is 6.38. The molecule has 0 aromatic heterocycles. The molecule has 1 aromatic carbocycles. The lowest BCUT2D eigenvalue weighted by Crippen LogP contribution is -2.34. The summed E-state index contributed by atoms with van der Waals surface area (Å²) in [4.78, 5) is 24.5. The minimum atomic E-state index is -0.213. The van der Waals surface area contributed by atoms with Crippen LogP contribution in [0.15, 0.2) is 36.9 Å². The van der Waals surface area contributed by atoms with E-state index in [0.29, 0.717) is 36.1 Å².